The number of hydrogen-bond acceptors (Lipinski definition) is 4. The maximum Gasteiger partial charge on any atom is 0.340 e. The molecule has 0 amide bonds. The Labute approximate surface area is 87.3 Å². The van der Waals surface area contributed by atoms with Crippen LogP contribution in [0.2, 0.25) is 0 Å². The van der Waals surface area contributed by atoms with E-state index >= 15 is 0 Å². The van der Waals surface area contributed by atoms with Gasteiger partial charge in [0.05, 0.1) is 0 Å². The number of aliphatic hydroxyl groups is 1. The van der Waals surface area contributed by atoms with Crippen LogP contribution in [-0.4, -0.2) is 35.0 Å². The average Bonchev–Trinajstić information content (AvgIpc) is 2.21. The zero-order chi connectivity index (χ0) is 11.6. The summed E-state index contributed by atoms with van der Waals surface area (Å²) >= 11 is 0. The lowest BCUT2D eigenvalue weighted by atomic mass is 10.1. The van der Waals surface area contributed by atoms with E-state index in [4.69, 9.17) is 11.3 Å². The monoisotopic (exact) mass is 229 g/mol. The van der Waals surface area contributed by atoms with Crippen molar-refractivity contribution in [2.75, 3.05) is 5.75 Å². The molecule has 1 unspecified atom stereocenters. The molecule has 0 radical (unpaired) electrons. The minimum atomic E-state index is -3.44. The van der Waals surface area contributed by atoms with Crippen LogP contribution < -0.4 is 5.73 Å². The molecule has 0 aliphatic heterocycles. The molecule has 1 atom stereocenters. The molecule has 0 saturated heterocycles. The molecule has 3 N–H and O–H groups in total. The molecule has 0 heterocycles. The van der Waals surface area contributed by atoms with E-state index in [0.717, 1.165) is 0 Å². The maximum absolute atomic E-state index is 11.6. The Morgan fingerprint density at radius 2 is 2.27 bits per heavy atom. The van der Waals surface area contributed by atoms with Gasteiger partial charge in [-0.1, -0.05) is 13.0 Å². The van der Waals surface area contributed by atoms with E-state index in [-0.39, 0.29) is 22.9 Å². The van der Waals surface area contributed by atoms with Crippen LogP contribution in [0.1, 0.15) is 6.92 Å². The van der Waals surface area contributed by atoms with Gasteiger partial charge in [-0.15, -0.1) is 0 Å². The topological polar surface area (TPSA) is 117 Å². The van der Waals surface area contributed by atoms with E-state index in [1.165, 1.54) is 19.1 Å². The van der Waals surface area contributed by atoms with E-state index in [2.05, 4.69) is 4.79 Å². The second-order valence-electron chi connectivity index (χ2n) is 3.02. The summed E-state index contributed by atoms with van der Waals surface area (Å²) in [5, 5.41) is 8.12. The molecule has 0 aromatic rings. The molecule has 15 heavy (non-hydrogen) atoms. The van der Waals surface area contributed by atoms with Gasteiger partial charge in [0.1, 0.15) is 5.76 Å². The Balaban J connectivity index is 3.31. The minimum absolute atomic E-state index is 0.102. The first kappa shape index (κ1) is 11.5. The van der Waals surface area contributed by atoms with Crippen molar-refractivity contribution in [3.63, 3.8) is 0 Å². The average molecular weight is 229 g/mol. The van der Waals surface area contributed by atoms with Gasteiger partial charge in [-0.2, -0.15) is 4.79 Å². The van der Waals surface area contributed by atoms with Crippen LogP contribution in [0.15, 0.2) is 23.6 Å². The smallest absolute Gasteiger partial charge is 0.340 e. The summed E-state index contributed by atoms with van der Waals surface area (Å²) in [6.45, 7) is 1.48. The van der Waals surface area contributed by atoms with Gasteiger partial charge in [-0.25, -0.2) is 8.42 Å². The predicted octanol–water partition coefficient (Wildman–Crippen LogP) is -0.241. The number of aliphatic hydroxyl groups excluding tert-OH is 1. The third-order valence-electron chi connectivity index (χ3n) is 2.15. The Morgan fingerprint density at radius 3 is 2.73 bits per heavy atom. The minimum Gasteiger partial charge on any atom is -0.506 e. The fourth-order valence-electron chi connectivity index (χ4n) is 1.22. The Bertz CT molecular complexity index is 483. The highest BCUT2D eigenvalue weighted by Gasteiger charge is 2.38. The van der Waals surface area contributed by atoms with Crippen LogP contribution in [0.25, 0.3) is 5.53 Å². The number of allylic oxidation sites excluding steroid dienone is 2. The summed E-state index contributed by atoms with van der Waals surface area (Å²) in [4.78, 5) is 2.82. The molecule has 0 fully saturated rings. The van der Waals surface area contributed by atoms with E-state index in [1.807, 2.05) is 0 Å². The first-order chi connectivity index (χ1) is 6.94. The summed E-state index contributed by atoms with van der Waals surface area (Å²) in [7, 11) is -3.44. The second kappa shape index (κ2) is 3.88. The van der Waals surface area contributed by atoms with Crippen LogP contribution in [0, 0.1) is 0 Å². The van der Waals surface area contributed by atoms with E-state index < -0.39 is 15.1 Å². The maximum atomic E-state index is 11.6. The van der Waals surface area contributed by atoms with Crippen LogP contribution in [0.5, 0.6) is 0 Å². The van der Waals surface area contributed by atoms with Crippen molar-refractivity contribution >= 4 is 15.5 Å². The van der Waals surface area contributed by atoms with Crippen molar-refractivity contribution in [2.24, 2.45) is 5.73 Å². The lowest BCUT2D eigenvalue weighted by molar-refractivity contribution is -0.00660. The van der Waals surface area contributed by atoms with Gasteiger partial charge in [0.2, 0.25) is 0 Å². The quantitative estimate of drug-likeness (QED) is 0.501. The van der Waals surface area contributed by atoms with E-state index in [0.29, 0.717) is 0 Å². The zero-order valence-electron chi connectivity index (χ0n) is 8.08. The van der Waals surface area contributed by atoms with Gasteiger partial charge < -0.3 is 16.4 Å². The zero-order valence-corrected chi connectivity index (χ0v) is 8.90. The number of nitrogens with two attached hydrogens (primary N) is 1. The van der Waals surface area contributed by atoms with Crippen LogP contribution in [0.3, 0.4) is 0 Å². The number of nitrogens with zero attached hydrogens (tertiary/aromatic N) is 2. The Kier molecular flexibility index (Phi) is 2.97. The van der Waals surface area contributed by atoms with Gasteiger partial charge in [0.25, 0.3) is 0 Å². The third-order valence-corrected chi connectivity index (χ3v) is 4.11. The molecule has 0 aromatic heterocycles. The van der Waals surface area contributed by atoms with Crippen molar-refractivity contribution in [3.8, 4) is 0 Å². The van der Waals surface area contributed by atoms with Gasteiger partial charge in [-0.3, -0.25) is 0 Å². The highest BCUT2D eigenvalue weighted by molar-refractivity contribution is 7.92. The first-order valence-electron chi connectivity index (χ1n) is 4.24. The molecule has 1 aliphatic rings. The van der Waals surface area contributed by atoms with Crippen molar-refractivity contribution in [3.05, 3.63) is 29.1 Å². The summed E-state index contributed by atoms with van der Waals surface area (Å²) < 4.78 is 23.1. The summed E-state index contributed by atoms with van der Waals surface area (Å²) in [5.41, 5.74) is 13.6. The third kappa shape index (κ3) is 1.93. The number of rotatable bonds is 2. The van der Waals surface area contributed by atoms with Crippen molar-refractivity contribution in [1.82, 2.24) is 0 Å². The second-order valence-corrected chi connectivity index (χ2v) is 5.43. The summed E-state index contributed by atoms with van der Waals surface area (Å²) in [6.07, 6.45) is 2.42. The standard InChI is InChI=1S/C8H11N3O3S/c1-2-15(13,14)6-4-3-5(12)7(9)8(6)11-10/h3-4,6,12H,2,9H2,1H3. The highest BCUT2D eigenvalue weighted by Crippen LogP contribution is 2.16. The van der Waals surface area contributed by atoms with Crippen LogP contribution in [0.4, 0.5) is 0 Å². The van der Waals surface area contributed by atoms with Gasteiger partial charge in [0.15, 0.2) is 20.8 Å². The molecular formula is C8H11N3O3S. The number of sulfone groups is 1. The number of hydrogen-bond donors (Lipinski definition) is 2. The Hall–Kier alpha value is -1.59. The molecule has 82 valence electrons. The van der Waals surface area contributed by atoms with Crippen molar-refractivity contribution < 1.29 is 18.3 Å². The highest BCUT2D eigenvalue weighted by atomic mass is 32.2. The van der Waals surface area contributed by atoms with Gasteiger partial charge in [-0.05, 0) is 6.08 Å². The SMILES string of the molecule is CCS(=O)(=O)C1C=CC(O)=C(N)C1=[N+]=[N-]. The molecule has 6 nitrogen and oxygen atoms in total. The Morgan fingerprint density at radius 1 is 1.67 bits per heavy atom. The molecule has 0 spiro atoms. The van der Waals surface area contributed by atoms with Crippen molar-refractivity contribution in [2.45, 2.75) is 12.2 Å². The normalized spacial score (nSPS) is 21.7. The van der Waals surface area contributed by atoms with Crippen LogP contribution in [-0.2, 0) is 9.84 Å². The van der Waals surface area contributed by atoms with Gasteiger partial charge >= 0.3 is 5.71 Å². The predicted molar refractivity (Wildman–Crippen MR) is 54.9 cm³/mol. The van der Waals surface area contributed by atoms with Crippen molar-refractivity contribution in [1.29, 1.82) is 0 Å². The molecule has 0 saturated carbocycles. The molecule has 7 heteroatoms. The summed E-state index contributed by atoms with van der Waals surface area (Å²) in [6, 6.07) is 0. The summed E-state index contributed by atoms with van der Waals surface area (Å²) in [5.74, 6) is -0.403. The lowest BCUT2D eigenvalue weighted by Crippen LogP contribution is -2.36. The molecule has 0 bridgehead atoms. The van der Waals surface area contributed by atoms with Gasteiger partial charge in [0, 0.05) is 5.75 Å². The molecule has 0 aromatic carbocycles. The fourth-order valence-corrected chi connectivity index (χ4v) is 2.42. The molecule has 1 aliphatic carbocycles. The lowest BCUT2D eigenvalue weighted by Gasteiger charge is -2.12. The fraction of sp³-hybridized carbons (Fsp3) is 0.375. The van der Waals surface area contributed by atoms with E-state index in [9.17, 15) is 13.5 Å². The van der Waals surface area contributed by atoms with E-state index in [1.54, 1.807) is 0 Å². The largest absolute Gasteiger partial charge is 0.506 e. The van der Waals surface area contributed by atoms with Crippen LogP contribution >= 0.6 is 0 Å². The molecule has 1 rings (SSSR count). The first-order valence-corrected chi connectivity index (χ1v) is 5.96. The molecular weight excluding hydrogens is 218 g/mol.